The summed E-state index contributed by atoms with van der Waals surface area (Å²) in [6.07, 6.45) is 1.37. The van der Waals surface area contributed by atoms with E-state index in [9.17, 15) is 17.6 Å². The molecule has 3 aromatic carbocycles. The van der Waals surface area contributed by atoms with Crippen molar-refractivity contribution in [2.75, 3.05) is 13.7 Å². The highest BCUT2D eigenvalue weighted by Crippen LogP contribution is 2.22. The predicted molar refractivity (Wildman–Crippen MR) is 132 cm³/mol. The molecule has 3 rings (SSSR count). The van der Waals surface area contributed by atoms with Crippen LogP contribution in [-0.4, -0.2) is 38.5 Å². The molecule has 11 heteroatoms. The normalized spacial score (nSPS) is 11.7. The van der Waals surface area contributed by atoms with Crippen molar-refractivity contribution in [2.45, 2.75) is 11.4 Å². The van der Waals surface area contributed by atoms with Crippen molar-refractivity contribution in [1.29, 1.82) is 0 Å². The maximum Gasteiger partial charge on any atom is 0.255 e. The van der Waals surface area contributed by atoms with Crippen LogP contribution in [0.15, 0.2) is 81.2 Å². The van der Waals surface area contributed by atoms with Gasteiger partial charge in [0.2, 0.25) is 10.0 Å². The highest BCUT2D eigenvalue weighted by atomic mass is 79.9. The predicted octanol–water partition coefficient (Wildman–Crippen LogP) is 4.59. The van der Waals surface area contributed by atoms with Gasteiger partial charge in [0.1, 0.15) is 11.6 Å². The summed E-state index contributed by atoms with van der Waals surface area (Å²) in [6, 6.07) is 16.5. The van der Waals surface area contributed by atoms with Crippen LogP contribution in [0.3, 0.4) is 0 Å². The van der Waals surface area contributed by atoms with Crippen molar-refractivity contribution in [3.8, 4) is 5.75 Å². The van der Waals surface area contributed by atoms with Gasteiger partial charge < -0.3 is 4.74 Å². The number of nitrogens with one attached hydrogen (secondary N) is 1. The van der Waals surface area contributed by atoms with Crippen molar-refractivity contribution in [1.82, 2.24) is 9.73 Å². The van der Waals surface area contributed by atoms with Gasteiger partial charge in [-0.1, -0.05) is 45.7 Å². The van der Waals surface area contributed by atoms with Crippen LogP contribution in [0.25, 0.3) is 0 Å². The first-order valence-electron chi connectivity index (χ1n) is 9.85. The van der Waals surface area contributed by atoms with E-state index in [1.54, 1.807) is 24.3 Å². The van der Waals surface area contributed by atoms with Crippen LogP contribution >= 0.6 is 27.5 Å². The van der Waals surface area contributed by atoms with Gasteiger partial charge >= 0.3 is 0 Å². The van der Waals surface area contributed by atoms with Gasteiger partial charge in [-0.15, -0.1) is 0 Å². The van der Waals surface area contributed by atoms with Gasteiger partial charge in [0.05, 0.1) is 24.8 Å². The monoisotopic (exact) mass is 567 g/mol. The van der Waals surface area contributed by atoms with E-state index in [0.29, 0.717) is 16.3 Å². The molecule has 0 spiro atoms. The van der Waals surface area contributed by atoms with Gasteiger partial charge in [-0.3, -0.25) is 4.79 Å². The molecule has 1 N–H and O–H groups in total. The number of hydrogen-bond acceptors (Lipinski definition) is 5. The van der Waals surface area contributed by atoms with Crippen LogP contribution in [0.2, 0.25) is 5.02 Å². The maximum atomic E-state index is 14.2. The molecule has 0 aliphatic heterocycles. The molecule has 0 radical (unpaired) electrons. The quantitative estimate of drug-likeness (QED) is 0.302. The molecule has 0 saturated carbocycles. The lowest BCUT2D eigenvalue weighted by Gasteiger charge is -2.21. The van der Waals surface area contributed by atoms with Crippen LogP contribution in [-0.2, 0) is 21.4 Å². The van der Waals surface area contributed by atoms with Gasteiger partial charge in [0, 0.05) is 27.2 Å². The summed E-state index contributed by atoms with van der Waals surface area (Å²) in [5, 5.41) is 4.25. The van der Waals surface area contributed by atoms with E-state index in [4.69, 9.17) is 16.3 Å². The number of carbonyl (C=O) groups excluding carboxylic acids is 1. The third-order valence-electron chi connectivity index (χ3n) is 4.66. The number of rotatable bonds is 9. The van der Waals surface area contributed by atoms with Crippen molar-refractivity contribution in [3.63, 3.8) is 0 Å². The number of hydrogen-bond donors (Lipinski definition) is 1. The third kappa shape index (κ3) is 6.63. The fraction of sp³-hybridized carbons (Fsp3) is 0.130. The number of benzene rings is 3. The molecular weight excluding hydrogens is 549 g/mol. The van der Waals surface area contributed by atoms with E-state index in [0.717, 1.165) is 8.78 Å². The topological polar surface area (TPSA) is 88.1 Å². The molecule has 7 nitrogen and oxygen atoms in total. The molecule has 0 saturated heterocycles. The zero-order chi connectivity index (χ0) is 24.7. The number of ether oxygens (including phenoxy) is 1. The number of amides is 1. The molecule has 1 amide bonds. The Morgan fingerprint density at radius 3 is 2.56 bits per heavy atom. The Hall–Kier alpha value is -2.79. The minimum atomic E-state index is -4.15. The van der Waals surface area contributed by atoms with E-state index < -0.39 is 28.3 Å². The van der Waals surface area contributed by atoms with E-state index in [1.165, 1.54) is 55.8 Å². The second-order valence-corrected chi connectivity index (χ2v) is 10.3. The number of halogens is 3. The fourth-order valence-corrected chi connectivity index (χ4v) is 4.85. The van der Waals surface area contributed by atoms with Gasteiger partial charge in [0.25, 0.3) is 5.91 Å². The zero-order valence-corrected chi connectivity index (χ0v) is 21.1. The standard InChI is InChI=1S/C23H20BrClFN3O4S/c1-33-22-11-6-18(24)12-17(22)13-27-28-23(30)15-29(14-16-4-2-3-5-21(16)26)34(31,32)20-9-7-19(25)8-10-20/h2-13H,14-15H2,1H3,(H,28,30)/b27-13-. The minimum Gasteiger partial charge on any atom is -0.496 e. The largest absolute Gasteiger partial charge is 0.496 e. The summed E-state index contributed by atoms with van der Waals surface area (Å²) >= 11 is 9.21. The summed E-state index contributed by atoms with van der Waals surface area (Å²) in [5.41, 5.74) is 3.02. The Bertz CT molecular complexity index is 1300. The number of carbonyl (C=O) groups is 1. The van der Waals surface area contributed by atoms with Gasteiger partial charge in [-0.2, -0.15) is 9.41 Å². The second kappa shape index (κ2) is 11.6. The highest BCUT2D eigenvalue weighted by molar-refractivity contribution is 9.10. The Balaban J connectivity index is 1.82. The second-order valence-electron chi connectivity index (χ2n) is 7.00. The molecule has 178 valence electrons. The summed E-state index contributed by atoms with van der Waals surface area (Å²) in [6.45, 7) is -0.944. The zero-order valence-electron chi connectivity index (χ0n) is 17.9. The average molecular weight is 569 g/mol. The van der Waals surface area contributed by atoms with Crippen molar-refractivity contribution < 1.29 is 22.3 Å². The molecule has 0 heterocycles. The Morgan fingerprint density at radius 1 is 1.18 bits per heavy atom. The lowest BCUT2D eigenvalue weighted by Crippen LogP contribution is -2.39. The molecule has 0 atom stereocenters. The molecule has 34 heavy (non-hydrogen) atoms. The van der Waals surface area contributed by atoms with Crippen LogP contribution < -0.4 is 10.2 Å². The van der Waals surface area contributed by atoms with Crippen LogP contribution in [0.5, 0.6) is 5.75 Å². The number of sulfonamides is 1. The lowest BCUT2D eigenvalue weighted by molar-refractivity contribution is -0.121. The van der Waals surface area contributed by atoms with Crippen LogP contribution in [0.4, 0.5) is 4.39 Å². The molecule has 0 aromatic heterocycles. The summed E-state index contributed by atoms with van der Waals surface area (Å²) in [5.74, 6) is -0.759. The Kier molecular flexibility index (Phi) is 8.78. The summed E-state index contributed by atoms with van der Waals surface area (Å²) in [7, 11) is -2.65. The summed E-state index contributed by atoms with van der Waals surface area (Å²) < 4.78 is 47.6. The lowest BCUT2D eigenvalue weighted by atomic mass is 10.2. The average Bonchev–Trinajstić information content (AvgIpc) is 2.80. The Labute approximate surface area is 210 Å². The third-order valence-corrected chi connectivity index (χ3v) is 7.21. The molecule has 0 aliphatic carbocycles. The van der Waals surface area contributed by atoms with Gasteiger partial charge in [0.15, 0.2) is 0 Å². The Morgan fingerprint density at radius 2 is 1.88 bits per heavy atom. The fourth-order valence-electron chi connectivity index (χ4n) is 2.97. The molecule has 0 aliphatic rings. The molecule has 0 unspecified atom stereocenters. The van der Waals surface area contributed by atoms with E-state index >= 15 is 0 Å². The number of methoxy groups -OCH3 is 1. The first kappa shape index (κ1) is 25.8. The van der Waals surface area contributed by atoms with Gasteiger partial charge in [-0.25, -0.2) is 18.2 Å². The van der Waals surface area contributed by atoms with Crippen LogP contribution in [0, 0.1) is 5.82 Å². The number of hydrazone groups is 1. The van der Waals surface area contributed by atoms with E-state index in [-0.39, 0.29) is 17.0 Å². The summed E-state index contributed by atoms with van der Waals surface area (Å²) in [4.78, 5) is 12.5. The smallest absolute Gasteiger partial charge is 0.255 e. The van der Waals surface area contributed by atoms with E-state index in [1.807, 2.05) is 0 Å². The van der Waals surface area contributed by atoms with Crippen LogP contribution in [0.1, 0.15) is 11.1 Å². The van der Waals surface area contributed by atoms with Crippen molar-refractivity contribution in [3.05, 3.63) is 93.2 Å². The van der Waals surface area contributed by atoms with Gasteiger partial charge in [-0.05, 0) is 48.5 Å². The first-order chi connectivity index (χ1) is 16.2. The molecule has 3 aromatic rings. The van der Waals surface area contributed by atoms with Crippen molar-refractivity contribution >= 4 is 49.7 Å². The minimum absolute atomic E-state index is 0.0802. The SMILES string of the molecule is COc1ccc(Br)cc1/C=N\NC(=O)CN(Cc1ccccc1F)S(=O)(=O)c1ccc(Cl)cc1. The molecular formula is C23H20BrClFN3O4S. The molecule has 0 bridgehead atoms. The maximum absolute atomic E-state index is 14.2. The number of nitrogens with zero attached hydrogens (tertiary/aromatic N) is 2. The molecule has 0 fully saturated rings. The highest BCUT2D eigenvalue weighted by Gasteiger charge is 2.27. The van der Waals surface area contributed by atoms with Crippen molar-refractivity contribution in [2.24, 2.45) is 5.10 Å². The first-order valence-corrected chi connectivity index (χ1v) is 12.5. The van der Waals surface area contributed by atoms with E-state index in [2.05, 4.69) is 26.5 Å².